The molecule has 1 N–H and O–H groups in total. The van der Waals surface area contributed by atoms with Crippen LogP contribution in [0.3, 0.4) is 0 Å². The molecule has 0 atom stereocenters. The third-order valence-corrected chi connectivity index (χ3v) is 4.50. The number of nitrogens with one attached hydrogen (secondary N) is 1. The number of carbonyl (C=O) groups is 1. The minimum Gasteiger partial charge on any atom is -0.296 e. The van der Waals surface area contributed by atoms with E-state index in [9.17, 15) is 4.79 Å². The van der Waals surface area contributed by atoms with Gasteiger partial charge in [-0.15, -0.1) is 10.2 Å². The van der Waals surface area contributed by atoms with Gasteiger partial charge in [0.2, 0.25) is 5.13 Å². The first-order valence-electron chi connectivity index (χ1n) is 7.87. The second-order valence-electron chi connectivity index (χ2n) is 5.59. The van der Waals surface area contributed by atoms with Crippen molar-refractivity contribution in [3.8, 4) is 16.4 Å². The van der Waals surface area contributed by atoms with Crippen LogP contribution in [0.15, 0.2) is 61.1 Å². The number of pyridine rings is 1. The van der Waals surface area contributed by atoms with Crippen LogP contribution in [0.4, 0.5) is 5.13 Å². The predicted octanol–water partition coefficient (Wildman–Crippen LogP) is 3.35. The first-order valence-corrected chi connectivity index (χ1v) is 8.69. The molecule has 1 aromatic carbocycles. The second-order valence-corrected chi connectivity index (χ2v) is 6.57. The minimum absolute atomic E-state index is 0.239. The van der Waals surface area contributed by atoms with Gasteiger partial charge in [0.1, 0.15) is 5.69 Å². The molecule has 0 saturated carbocycles. The molecule has 0 spiro atoms. The summed E-state index contributed by atoms with van der Waals surface area (Å²) in [6, 6.07) is 12.8. The SMILES string of the molecule is Cc1cnn(-c2ccc(C(=O)Nc3nnc(-c4ccccn4)s3)cc2)c1. The number of hydrogen-bond donors (Lipinski definition) is 1. The highest BCUT2D eigenvalue weighted by Gasteiger charge is 2.12. The average Bonchev–Trinajstić information content (AvgIpc) is 3.32. The van der Waals surface area contributed by atoms with Crippen molar-refractivity contribution in [1.82, 2.24) is 25.0 Å². The van der Waals surface area contributed by atoms with Gasteiger partial charge in [-0.2, -0.15) is 5.10 Å². The summed E-state index contributed by atoms with van der Waals surface area (Å²) >= 11 is 1.28. The van der Waals surface area contributed by atoms with Crippen LogP contribution < -0.4 is 5.32 Å². The molecule has 3 heterocycles. The molecule has 8 heteroatoms. The van der Waals surface area contributed by atoms with E-state index in [-0.39, 0.29) is 5.91 Å². The van der Waals surface area contributed by atoms with E-state index in [2.05, 4.69) is 25.6 Å². The Kier molecular flexibility index (Phi) is 4.24. The summed E-state index contributed by atoms with van der Waals surface area (Å²) in [5.74, 6) is -0.239. The van der Waals surface area contributed by atoms with Crippen LogP contribution in [0.5, 0.6) is 0 Å². The van der Waals surface area contributed by atoms with E-state index in [1.54, 1.807) is 29.2 Å². The van der Waals surface area contributed by atoms with Crippen molar-refractivity contribution in [3.05, 3.63) is 72.2 Å². The third-order valence-electron chi connectivity index (χ3n) is 3.64. The predicted molar refractivity (Wildman–Crippen MR) is 99.4 cm³/mol. The average molecular weight is 362 g/mol. The summed E-state index contributed by atoms with van der Waals surface area (Å²) in [7, 11) is 0. The smallest absolute Gasteiger partial charge is 0.257 e. The molecule has 0 radical (unpaired) electrons. The maximum absolute atomic E-state index is 12.4. The Bertz CT molecular complexity index is 1040. The lowest BCUT2D eigenvalue weighted by Gasteiger charge is -2.04. The van der Waals surface area contributed by atoms with Gasteiger partial charge in [0, 0.05) is 18.0 Å². The molecule has 0 bridgehead atoms. The first-order chi connectivity index (χ1) is 12.7. The van der Waals surface area contributed by atoms with E-state index in [0.29, 0.717) is 15.7 Å². The van der Waals surface area contributed by atoms with Crippen LogP contribution >= 0.6 is 11.3 Å². The van der Waals surface area contributed by atoms with E-state index < -0.39 is 0 Å². The molecule has 128 valence electrons. The van der Waals surface area contributed by atoms with Gasteiger partial charge in [0.05, 0.1) is 11.9 Å². The Morgan fingerprint density at radius 1 is 1.12 bits per heavy atom. The number of hydrogen-bond acceptors (Lipinski definition) is 6. The Balaban J connectivity index is 1.47. The van der Waals surface area contributed by atoms with Gasteiger partial charge in [0.25, 0.3) is 5.91 Å². The van der Waals surface area contributed by atoms with Crippen molar-refractivity contribution >= 4 is 22.4 Å². The van der Waals surface area contributed by atoms with E-state index in [0.717, 1.165) is 16.9 Å². The van der Waals surface area contributed by atoms with Gasteiger partial charge in [-0.1, -0.05) is 17.4 Å². The van der Waals surface area contributed by atoms with Crippen LogP contribution in [0.2, 0.25) is 0 Å². The molecular formula is C18H14N6OS. The largest absolute Gasteiger partial charge is 0.296 e. The zero-order valence-electron chi connectivity index (χ0n) is 13.8. The Morgan fingerprint density at radius 2 is 1.96 bits per heavy atom. The topological polar surface area (TPSA) is 85.6 Å². The number of aryl methyl sites for hydroxylation is 1. The summed E-state index contributed by atoms with van der Waals surface area (Å²) in [4.78, 5) is 16.6. The molecule has 3 aromatic heterocycles. The van der Waals surface area contributed by atoms with Crippen LogP contribution in [-0.2, 0) is 0 Å². The van der Waals surface area contributed by atoms with Crippen molar-refractivity contribution < 1.29 is 4.79 Å². The summed E-state index contributed by atoms with van der Waals surface area (Å²) < 4.78 is 1.76. The molecular weight excluding hydrogens is 348 g/mol. The third kappa shape index (κ3) is 3.35. The normalized spacial score (nSPS) is 10.7. The Hall–Kier alpha value is -3.39. The van der Waals surface area contributed by atoms with Crippen molar-refractivity contribution in [2.75, 3.05) is 5.32 Å². The zero-order chi connectivity index (χ0) is 17.9. The van der Waals surface area contributed by atoms with Gasteiger partial charge in [-0.3, -0.25) is 15.1 Å². The Labute approximate surface area is 153 Å². The van der Waals surface area contributed by atoms with E-state index in [1.807, 2.05) is 43.5 Å². The van der Waals surface area contributed by atoms with Gasteiger partial charge >= 0.3 is 0 Å². The maximum Gasteiger partial charge on any atom is 0.257 e. The number of aromatic nitrogens is 5. The summed E-state index contributed by atoms with van der Waals surface area (Å²) in [5, 5.41) is 16.2. The van der Waals surface area contributed by atoms with Crippen LogP contribution in [0.25, 0.3) is 16.4 Å². The molecule has 0 aliphatic heterocycles. The fraction of sp³-hybridized carbons (Fsp3) is 0.0556. The van der Waals surface area contributed by atoms with Crippen molar-refractivity contribution in [3.63, 3.8) is 0 Å². The summed E-state index contributed by atoms with van der Waals surface area (Å²) in [6.07, 6.45) is 5.41. The van der Waals surface area contributed by atoms with Crippen LogP contribution in [0, 0.1) is 6.92 Å². The number of carbonyl (C=O) groups excluding carboxylic acids is 1. The molecule has 0 saturated heterocycles. The van der Waals surface area contributed by atoms with Gasteiger partial charge in [-0.25, -0.2) is 4.68 Å². The summed E-state index contributed by atoms with van der Waals surface area (Å²) in [6.45, 7) is 1.98. The molecule has 0 aliphatic carbocycles. The zero-order valence-corrected chi connectivity index (χ0v) is 14.6. The number of rotatable bonds is 4. The van der Waals surface area contributed by atoms with Crippen LogP contribution in [-0.4, -0.2) is 30.9 Å². The van der Waals surface area contributed by atoms with Gasteiger partial charge in [0.15, 0.2) is 5.01 Å². The summed E-state index contributed by atoms with van der Waals surface area (Å²) in [5.41, 5.74) is 3.23. The van der Waals surface area contributed by atoms with Crippen LogP contribution in [0.1, 0.15) is 15.9 Å². The van der Waals surface area contributed by atoms with E-state index in [1.165, 1.54) is 11.3 Å². The van der Waals surface area contributed by atoms with Gasteiger partial charge in [-0.05, 0) is 48.9 Å². The highest BCUT2D eigenvalue weighted by atomic mass is 32.1. The molecule has 26 heavy (non-hydrogen) atoms. The number of benzene rings is 1. The Morgan fingerprint density at radius 3 is 2.65 bits per heavy atom. The second kappa shape index (κ2) is 6.85. The van der Waals surface area contributed by atoms with Crippen molar-refractivity contribution in [2.24, 2.45) is 0 Å². The molecule has 0 aliphatic rings. The van der Waals surface area contributed by atoms with Crippen molar-refractivity contribution in [1.29, 1.82) is 0 Å². The number of amides is 1. The highest BCUT2D eigenvalue weighted by Crippen LogP contribution is 2.24. The standard InChI is InChI=1S/C18H14N6OS/c1-12-10-20-24(11-12)14-7-5-13(6-8-14)16(25)21-18-23-22-17(26-18)15-4-2-3-9-19-15/h2-11H,1H3,(H,21,23,25). The monoisotopic (exact) mass is 362 g/mol. The molecule has 4 aromatic rings. The quantitative estimate of drug-likeness (QED) is 0.602. The highest BCUT2D eigenvalue weighted by molar-refractivity contribution is 7.18. The first kappa shape index (κ1) is 16.1. The molecule has 7 nitrogen and oxygen atoms in total. The minimum atomic E-state index is -0.239. The molecule has 0 fully saturated rings. The lowest BCUT2D eigenvalue weighted by Crippen LogP contribution is -2.11. The maximum atomic E-state index is 12.4. The molecule has 0 unspecified atom stereocenters. The number of anilines is 1. The van der Waals surface area contributed by atoms with Crippen molar-refractivity contribution in [2.45, 2.75) is 6.92 Å². The fourth-order valence-corrected chi connectivity index (χ4v) is 3.07. The van der Waals surface area contributed by atoms with E-state index in [4.69, 9.17) is 0 Å². The van der Waals surface area contributed by atoms with Gasteiger partial charge < -0.3 is 0 Å². The fourth-order valence-electron chi connectivity index (χ4n) is 2.36. The number of nitrogens with zero attached hydrogens (tertiary/aromatic N) is 5. The molecule has 4 rings (SSSR count). The van der Waals surface area contributed by atoms with E-state index >= 15 is 0 Å². The lowest BCUT2D eigenvalue weighted by atomic mass is 10.2. The molecule has 1 amide bonds. The lowest BCUT2D eigenvalue weighted by molar-refractivity contribution is 0.102.